The van der Waals surface area contributed by atoms with Gasteiger partial charge < -0.3 is 15.0 Å². The number of ether oxygens (including phenoxy) is 1. The Hall–Kier alpha value is -1.67. The van der Waals surface area contributed by atoms with Crippen LogP contribution in [0.1, 0.15) is 53.5 Å². The number of halogens is 1. The SMILES string of the molecule is CCC(C)(C)C(=O)Nc1cc(CN2CCN(C(=O)OC(C)(C)C)CC2)c(Br)cn1. The molecule has 2 heterocycles. The molecule has 0 spiro atoms. The fraction of sp³-hybridized carbons (Fsp3) is 0.667. The minimum absolute atomic E-state index is 0.0354. The number of aromatic nitrogens is 1. The second-order valence-corrected chi connectivity index (χ2v) is 9.95. The number of amides is 2. The van der Waals surface area contributed by atoms with E-state index in [0.29, 0.717) is 25.5 Å². The van der Waals surface area contributed by atoms with E-state index in [1.54, 1.807) is 11.1 Å². The molecule has 1 aromatic rings. The summed E-state index contributed by atoms with van der Waals surface area (Å²) in [5.41, 5.74) is 0.131. The Bertz CT molecular complexity index is 738. The molecule has 0 atom stereocenters. The minimum atomic E-state index is -0.483. The van der Waals surface area contributed by atoms with Gasteiger partial charge in [-0.2, -0.15) is 0 Å². The second kappa shape index (κ2) is 9.43. The highest BCUT2D eigenvalue weighted by atomic mass is 79.9. The van der Waals surface area contributed by atoms with Gasteiger partial charge in [-0.1, -0.05) is 20.8 Å². The Morgan fingerprint density at radius 2 is 1.79 bits per heavy atom. The lowest BCUT2D eigenvalue weighted by Gasteiger charge is -2.35. The van der Waals surface area contributed by atoms with Crippen LogP contribution in [-0.4, -0.2) is 58.6 Å². The highest BCUT2D eigenvalue weighted by Crippen LogP contribution is 2.25. The molecule has 2 amide bonds. The summed E-state index contributed by atoms with van der Waals surface area (Å²) in [6, 6.07) is 1.91. The van der Waals surface area contributed by atoms with Crippen molar-refractivity contribution in [1.29, 1.82) is 0 Å². The lowest BCUT2D eigenvalue weighted by molar-refractivity contribution is -0.124. The molecule has 29 heavy (non-hydrogen) atoms. The van der Waals surface area contributed by atoms with Gasteiger partial charge in [0, 0.05) is 48.8 Å². The van der Waals surface area contributed by atoms with Gasteiger partial charge in [0.25, 0.3) is 0 Å². The molecule has 2 rings (SSSR count). The zero-order valence-electron chi connectivity index (χ0n) is 18.3. The quantitative estimate of drug-likeness (QED) is 0.697. The Labute approximate surface area is 182 Å². The van der Waals surface area contributed by atoms with Crippen molar-refractivity contribution < 1.29 is 14.3 Å². The van der Waals surface area contributed by atoms with Crippen LogP contribution in [-0.2, 0) is 16.1 Å². The minimum Gasteiger partial charge on any atom is -0.444 e. The number of carbonyl (C=O) groups is 2. The van der Waals surface area contributed by atoms with Crippen molar-refractivity contribution >= 4 is 33.7 Å². The molecule has 0 aromatic carbocycles. The molecule has 7 nitrogen and oxygen atoms in total. The molecule has 8 heteroatoms. The van der Waals surface area contributed by atoms with E-state index in [1.165, 1.54) is 0 Å². The normalized spacial score (nSPS) is 15.9. The van der Waals surface area contributed by atoms with Gasteiger partial charge in [-0.25, -0.2) is 9.78 Å². The van der Waals surface area contributed by atoms with Crippen molar-refractivity contribution in [3.8, 4) is 0 Å². The number of anilines is 1. The maximum absolute atomic E-state index is 12.4. The van der Waals surface area contributed by atoms with Crippen LogP contribution in [0.15, 0.2) is 16.7 Å². The first kappa shape index (κ1) is 23.6. The smallest absolute Gasteiger partial charge is 0.410 e. The molecule has 1 aliphatic rings. The van der Waals surface area contributed by atoms with E-state index < -0.39 is 11.0 Å². The van der Waals surface area contributed by atoms with E-state index in [1.807, 2.05) is 47.6 Å². The van der Waals surface area contributed by atoms with Crippen LogP contribution < -0.4 is 5.32 Å². The average Bonchev–Trinajstić information content (AvgIpc) is 2.63. The summed E-state index contributed by atoms with van der Waals surface area (Å²) in [7, 11) is 0. The van der Waals surface area contributed by atoms with Crippen LogP contribution in [0, 0.1) is 5.41 Å². The predicted molar refractivity (Wildman–Crippen MR) is 118 cm³/mol. The Morgan fingerprint density at radius 1 is 1.17 bits per heavy atom. The lowest BCUT2D eigenvalue weighted by atomic mass is 9.89. The van der Waals surface area contributed by atoms with Gasteiger partial charge in [0.05, 0.1) is 0 Å². The molecular weight excluding hydrogens is 436 g/mol. The van der Waals surface area contributed by atoms with Crippen LogP contribution >= 0.6 is 15.9 Å². The Morgan fingerprint density at radius 3 is 2.34 bits per heavy atom. The largest absolute Gasteiger partial charge is 0.444 e. The van der Waals surface area contributed by atoms with Crippen LogP contribution in [0.4, 0.5) is 10.6 Å². The molecule has 0 radical (unpaired) electrons. The van der Waals surface area contributed by atoms with Crippen molar-refractivity contribution in [3.05, 3.63) is 22.3 Å². The maximum atomic E-state index is 12.4. The molecule has 1 saturated heterocycles. The van der Waals surface area contributed by atoms with E-state index in [-0.39, 0.29) is 12.0 Å². The third kappa shape index (κ3) is 6.96. The first-order valence-electron chi connectivity index (χ1n) is 10.1. The Balaban J connectivity index is 1.96. The molecule has 1 aliphatic heterocycles. The molecule has 0 aliphatic carbocycles. The molecular formula is C21H33BrN4O3. The molecule has 1 aromatic heterocycles. The standard InChI is InChI=1S/C21H33BrN4O3/c1-7-21(5,6)18(27)24-17-12-15(16(22)13-23-17)14-25-8-10-26(11-9-25)19(28)29-20(2,3)4/h12-13H,7-11,14H2,1-6H3,(H,23,24,27). The summed E-state index contributed by atoms with van der Waals surface area (Å²) < 4.78 is 6.35. The van der Waals surface area contributed by atoms with Crippen molar-refractivity contribution in [2.45, 2.75) is 60.1 Å². The monoisotopic (exact) mass is 468 g/mol. The van der Waals surface area contributed by atoms with Gasteiger partial charge in [0.2, 0.25) is 5.91 Å². The number of piperazine rings is 1. The van der Waals surface area contributed by atoms with Crippen LogP contribution in [0.3, 0.4) is 0 Å². The maximum Gasteiger partial charge on any atom is 0.410 e. The van der Waals surface area contributed by atoms with Crippen molar-refractivity contribution in [3.63, 3.8) is 0 Å². The fourth-order valence-electron chi connectivity index (χ4n) is 2.77. The van der Waals surface area contributed by atoms with Gasteiger partial charge in [-0.15, -0.1) is 0 Å². The fourth-order valence-corrected chi connectivity index (χ4v) is 3.11. The van der Waals surface area contributed by atoms with Crippen molar-refractivity contribution in [2.75, 3.05) is 31.5 Å². The number of carbonyl (C=O) groups excluding carboxylic acids is 2. The van der Waals surface area contributed by atoms with E-state index in [2.05, 4.69) is 31.1 Å². The van der Waals surface area contributed by atoms with Crippen LogP contribution in [0.2, 0.25) is 0 Å². The van der Waals surface area contributed by atoms with E-state index in [4.69, 9.17) is 4.74 Å². The molecule has 162 valence electrons. The summed E-state index contributed by atoms with van der Waals surface area (Å²) in [5, 5.41) is 2.92. The summed E-state index contributed by atoms with van der Waals surface area (Å²) in [4.78, 5) is 33.0. The van der Waals surface area contributed by atoms with Crippen molar-refractivity contribution in [2.24, 2.45) is 5.41 Å². The van der Waals surface area contributed by atoms with Crippen LogP contribution in [0.5, 0.6) is 0 Å². The topological polar surface area (TPSA) is 74.8 Å². The third-order valence-corrected chi connectivity index (χ3v) is 5.81. The van der Waals surface area contributed by atoms with Gasteiger partial charge in [0.15, 0.2) is 0 Å². The molecule has 1 N–H and O–H groups in total. The molecule has 0 saturated carbocycles. The summed E-state index contributed by atoms with van der Waals surface area (Å²) in [5.74, 6) is 0.522. The zero-order valence-corrected chi connectivity index (χ0v) is 19.9. The van der Waals surface area contributed by atoms with Gasteiger partial charge in [-0.3, -0.25) is 9.69 Å². The van der Waals surface area contributed by atoms with Crippen LogP contribution in [0.25, 0.3) is 0 Å². The number of nitrogens with one attached hydrogen (secondary N) is 1. The first-order chi connectivity index (χ1) is 13.4. The molecule has 0 unspecified atom stereocenters. The van der Waals surface area contributed by atoms with Gasteiger partial charge in [-0.05, 0) is 54.8 Å². The number of pyridine rings is 1. The summed E-state index contributed by atoms with van der Waals surface area (Å²) in [6.45, 7) is 15.0. The van der Waals surface area contributed by atoms with Crippen molar-refractivity contribution in [1.82, 2.24) is 14.8 Å². The Kier molecular flexibility index (Phi) is 7.67. The predicted octanol–water partition coefficient (Wildman–Crippen LogP) is 4.27. The number of hydrogen-bond donors (Lipinski definition) is 1. The third-order valence-electron chi connectivity index (χ3n) is 5.09. The zero-order chi connectivity index (χ0) is 21.8. The summed E-state index contributed by atoms with van der Waals surface area (Å²) >= 11 is 3.56. The number of nitrogens with zero attached hydrogens (tertiary/aromatic N) is 3. The molecule has 0 bridgehead atoms. The highest BCUT2D eigenvalue weighted by molar-refractivity contribution is 9.10. The number of rotatable bonds is 5. The van der Waals surface area contributed by atoms with Gasteiger partial charge in [0.1, 0.15) is 11.4 Å². The van der Waals surface area contributed by atoms with E-state index >= 15 is 0 Å². The van der Waals surface area contributed by atoms with E-state index in [9.17, 15) is 9.59 Å². The number of hydrogen-bond acceptors (Lipinski definition) is 5. The second-order valence-electron chi connectivity index (χ2n) is 9.10. The first-order valence-corrected chi connectivity index (χ1v) is 10.9. The average molecular weight is 469 g/mol. The summed E-state index contributed by atoms with van der Waals surface area (Å²) in [6.07, 6.45) is 2.22. The lowest BCUT2D eigenvalue weighted by Crippen LogP contribution is -2.49. The van der Waals surface area contributed by atoms with Gasteiger partial charge >= 0.3 is 6.09 Å². The highest BCUT2D eigenvalue weighted by Gasteiger charge is 2.27. The molecule has 1 fully saturated rings. The van der Waals surface area contributed by atoms with E-state index in [0.717, 1.165) is 29.5 Å².